The minimum Gasteiger partial charge on any atom is -0.458 e. The van der Waals surface area contributed by atoms with Crippen LogP contribution in [-0.2, 0) is 0 Å². The van der Waals surface area contributed by atoms with Crippen LogP contribution in [0.15, 0.2) is 53.0 Å². The van der Waals surface area contributed by atoms with Crippen LogP contribution in [0.1, 0.15) is 11.9 Å². The van der Waals surface area contributed by atoms with E-state index in [1.54, 1.807) is 24.3 Å². The highest BCUT2D eigenvalue weighted by Crippen LogP contribution is 2.31. The number of aliphatic hydroxyl groups is 1. The minimum absolute atomic E-state index is 0.0371. The number of furan rings is 1. The molecule has 18 heavy (non-hydrogen) atoms. The zero-order valence-electron chi connectivity index (χ0n) is 9.43. The SMILES string of the molecule is C=C(C#N)C(O)c1ccc(-c2ccccc2Cl)o1. The average molecular weight is 260 g/mol. The maximum atomic E-state index is 9.77. The molecule has 0 spiro atoms. The lowest BCUT2D eigenvalue weighted by Gasteiger charge is -2.04. The van der Waals surface area contributed by atoms with Gasteiger partial charge in [-0.2, -0.15) is 5.26 Å². The van der Waals surface area contributed by atoms with Crippen LogP contribution in [0, 0.1) is 11.3 Å². The van der Waals surface area contributed by atoms with Gasteiger partial charge in [-0.05, 0) is 24.3 Å². The number of hydrogen-bond donors (Lipinski definition) is 1. The Balaban J connectivity index is 2.35. The monoisotopic (exact) mass is 259 g/mol. The van der Waals surface area contributed by atoms with E-state index in [9.17, 15) is 5.11 Å². The molecule has 3 nitrogen and oxygen atoms in total. The van der Waals surface area contributed by atoms with Crippen LogP contribution in [0.5, 0.6) is 0 Å². The van der Waals surface area contributed by atoms with E-state index in [4.69, 9.17) is 21.3 Å². The third-order valence-electron chi connectivity index (χ3n) is 2.51. The zero-order valence-corrected chi connectivity index (χ0v) is 10.2. The first kappa shape index (κ1) is 12.4. The van der Waals surface area contributed by atoms with E-state index in [1.807, 2.05) is 18.2 Å². The van der Waals surface area contributed by atoms with Crippen LogP contribution in [0.2, 0.25) is 5.02 Å². The maximum absolute atomic E-state index is 9.77. The maximum Gasteiger partial charge on any atom is 0.146 e. The molecule has 1 N–H and O–H groups in total. The molecule has 1 heterocycles. The number of rotatable bonds is 3. The van der Waals surface area contributed by atoms with Gasteiger partial charge in [-0.1, -0.05) is 30.3 Å². The third-order valence-corrected chi connectivity index (χ3v) is 2.84. The summed E-state index contributed by atoms with van der Waals surface area (Å²) < 4.78 is 5.49. The Hall–Kier alpha value is -2.02. The van der Waals surface area contributed by atoms with Crippen LogP contribution in [0.25, 0.3) is 11.3 Å². The standard InChI is InChI=1S/C14H10ClNO2/c1-9(8-16)14(17)13-7-6-12(18-13)10-4-2-3-5-11(10)15/h2-7,14,17H,1H2. The first-order chi connectivity index (χ1) is 8.63. The van der Waals surface area contributed by atoms with Crippen LogP contribution in [0.4, 0.5) is 0 Å². The molecule has 0 aliphatic carbocycles. The van der Waals surface area contributed by atoms with E-state index in [1.165, 1.54) is 0 Å². The van der Waals surface area contributed by atoms with Crippen molar-refractivity contribution in [2.24, 2.45) is 0 Å². The Labute approximate surface area is 110 Å². The molecule has 0 bridgehead atoms. The number of hydrogen-bond acceptors (Lipinski definition) is 3. The number of nitriles is 1. The van der Waals surface area contributed by atoms with Gasteiger partial charge in [0.25, 0.3) is 0 Å². The highest BCUT2D eigenvalue weighted by Gasteiger charge is 2.16. The van der Waals surface area contributed by atoms with Gasteiger partial charge in [0.15, 0.2) is 0 Å². The lowest BCUT2D eigenvalue weighted by Crippen LogP contribution is -1.96. The molecule has 0 aliphatic rings. The number of halogens is 1. The molecule has 2 rings (SSSR count). The minimum atomic E-state index is -1.12. The normalized spacial score (nSPS) is 11.8. The largest absolute Gasteiger partial charge is 0.458 e. The molecule has 1 unspecified atom stereocenters. The average Bonchev–Trinajstić information content (AvgIpc) is 2.87. The summed E-state index contributed by atoms with van der Waals surface area (Å²) >= 11 is 6.05. The molecule has 1 atom stereocenters. The van der Waals surface area contributed by atoms with E-state index in [2.05, 4.69) is 6.58 Å². The highest BCUT2D eigenvalue weighted by molar-refractivity contribution is 6.33. The topological polar surface area (TPSA) is 57.2 Å². The molecule has 0 aliphatic heterocycles. The van der Waals surface area contributed by atoms with Crippen LogP contribution in [-0.4, -0.2) is 5.11 Å². The molecule has 1 aromatic heterocycles. The van der Waals surface area contributed by atoms with Crippen molar-refractivity contribution in [3.05, 3.63) is 59.3 Å². The summed E-state index contributed by atoms with van der Waals surface area (Å²) in [5.74, 6) is 0.817. The second kappa shape index (κ2) is 5.09. The van der Waals surface area contributed by atoms with Crippen molar-refractivity contribution >= 4 is 11.6 Å². The van der Waals surface area contributed by atoms with Crippen LogP contribution in [0.3, 0.4) is 0 Å². The summed E-state index contributed by atoms with van der Waals surface area (Å²) in [5, 5.41) is 19.0. The highest BCUT2D eigenvalue weighted by atomic mass is 35.5. The van der Waals surface area contributed by atoms with Gasteiger partial charge in [0, 0.05) is 5.56 Å². The molecule has 0 saturated carbocycles. The summed E-state index contributed by atoms with van der Waals surface area (Å²) in [4.78, 5) is 0. The van der Waals surface area contributed by atoms with Gasteiger partial charge in [0.1, 0.15) is 17.6 Å². The Bertz CT molecular complexity index is 625. The number of aliphatic hydroxyl groups excluding tert-OH is 1. The van der Waals surface area contributed by atoms with E-state index >= 15 is 0 Å². The molecule has 0 saturated heterocycles. The predicted molar refractivity (Wildman–Crippen MR) is 68.9 cm³/mol. The van der Waals surface area contributed by atoms with Crippen molar-refractivity contribution in [1.82, 2.24) is 0 Å². The van der Waals surface area contributed by atoms with Crippen molar-refractivity contribution in [2.75, 3.05) is 0 Å². The molecule has 0 fully saturated rings. The van der Waals surface area contributed by atoms with Gasteiger partial charge in [0.2, 0.25) is 0 Å². The third kappa shape index (κ3) is 2.30. The molecule has 0 amide bonds. The van der Waals surface area contributed by atoms with E-state index < -0.39 is 6.10 Å². The molecule has 4 heteroatoms. The van der Waals surface area contributed by atoms with Crippen molar-refractivity contribution in [3.63, 3.8) is 0 Å². The second-order valence-corrected chi connectivity index (χ2v) is 4.13. The molecule has 0 radical (unpaired) electrons. The first-order valence-corrected chi connectivity index (χ1v) is 5.63. The van der Waals surface area contributed by atoms with Crippen molar-refractivity contribution < 1.29 is 9.52 Å². The van der Waals surface area contributed by atoms with Crippen molar-refractivity contribution in [2.45, 2.75) is 6.10 Å². The molecular formula is C14H10ClNO2. The first-order valence-electron chi connectivity index (χ1n) is 5.25. The van der Waals surface area contributed by atoms with Gasteiger partial charge >= 0.3 is 0 Å². The van der Waals surface area contributed by atoms with Crippen LogP contribution >= 0.6 is 11.6 Å². The predicted octanol–water partition coefficient (Wildman–Crippen LogP) is 3.71. The molecular weight excluding hydrogens is 250 g/mol. The fourth-order valence-corrected chi connectivity index (χ4v) is 1.77. The quantitative estimate of drug-likeness (QED) is 0.855. The van der Waals surface area contributed by atoms with Gasteiger partial charge < -0.3 is 9.52 Å². The van der Waals surface area contributed by atoms with Gasteiger partial charge in [-0.25, -0.2) is 0 Å². The molecule has 1 aromatic carbocycles. The Kier molecular flexibility index (Phi) is 3.52. The summed E-state index contributed by atoms with van der Waals surface area (Å²) in [7, 11) is 0. The van der Waals surface area contributed by atoms with Crippen LogP contribution < -0.4 is 0 Å². The van der Waals surface area contributed by atoms with Crippen molar-refractivity contribution in [3.8, 4) is 17.4 Å². The Morgan fingerprint density at radius 2 is 2.06 bits per heavy atom. The van der Waals surface area contributed by atoms with E-state index in [0.717, 1.165) is 5.56 Å². The van der Waals surface area contributed by atoms with Crippen molar-refractivity contribution in [1.29, 1.82) is 5.26 Å². The van der Waals surface area contributed by atoms with E-state index in [-0.39, 0.29) is 11.3 Å². The Morgan fingerprint density at radius 3 is 2.72 bits per heavy atom. The van der Waals surface area contributed by atoms with E-state index in [0.29, 0.717) is 10.8 Å². The van der Waals surface area contributed by atoms with Gasteiger partial charge in [-0.15, -0.1) is 0 Å². The lowest BCUT2D eigenvalue weighted by molar-refractivity contribution is 0.191. The fourth-order valence-electron chi connectivity index (χ4n) is 1.54. The lowest BCUT2D eigenvalue weighted by atomic mass is 10.1. The Morgan fingerprint density at radius 1 is 1.33 bits per heavy atom. The fraction of sp³-hybridized carbons (Fsp3) is 0.0714. The number of nitrogens with zero attached hydrogens (tertiary/aromatic N) is 1. The summed E-state index contributed by atoms with van der Waals surface area (Å²) in [5.41, 5.74) is 0.773. The molecule has 90 valence electrons. The smallest absolute Gasteiger partial charge is 0.146 e. The molecule has 2 aromatic rings. The second-order valence-electron chi connectivity index (χ2n) is 3.72. The summed E-state index contributed by atoms with van der Waals surface area (Å²) in [6, 6.07) is 12.3. The van der Waals surface area contributed by atoms with Gasteiger partial charge in [-0.3, -0.25) is 0 Å². The summed E-state index contributed by atoms with van der Waals surface area (Å²) in [6.07, 6.45) is -1.12. The summed E-state index contributed by atoms with van der Waals surface area (Å²) in [6.45, 7) is 3.45. The number of benzene rings is 1. The van der Waals surface area contributed by atoms with Gasteiger partial charge in [0.05, 0.1) is 16.7 Å². The zero-order chi connectivity index (χ0) is 13.1.